The number of benzene rings is 1. The molecular weight excluding hydrogens is 593 g/mol. The topological polar surface area (TPSA) is 91.7 Å². The zero-order valence-electron chi connectivity index (χ0n) is 21.0. The normalized spacial score (nSPS) is 18.4. The van der Waals surface area contributed by atoms with Crippen molar-refractivity contribution in [3.05, 3.63) is 39.2 Å². The van der Waals surface area contributed by atoms with E-state index < -0.39 is 11.7 Å². The Morgan fingerprint density at radius 1 is 1.19 bits per heavy atom. The Labute approximate surface area is 228 Å². The first-order chi connectivity index (χ1) is 17.2. The summed E-state index contributed by atoms with van der Waals surface area (Å²) in [6.07, 6.45) is 6.75. The van der Waals surface area contributed by atoms with E-state index in [-0.39, 0.29) is 18.1 Å². The van der Waals surface area contributed by atoms with Gasteiger partial charge in [0.25, 0.3) is 5.91 Å². The fourth-order valence-electron chi connectivity index (χ4n) is 4.39. The van der Waals surface area contributed by atoms with Gasteiger partial charge in [0.05, 0.1) is 40.8 Å². The molecule has 2 aromatic heterocycles. The highest BCUT2D eigenvalue weighted by Gasteiger charge is 2.27. The second-order valence-corrected chi connectivity index (χ2v) is 12.0. The molecule has 8 nitrogen and oxygen atoms in total. The molecule has 0 atom stereocenters. The van der Waals surface area contributed by atoms with Crippen molar-refractivity contribution >= 4 is 56.8 Å². The highest BCUT2D eigenvalue weighted by Crippen LogP contribution is 2.34. The van der Waals surface area contributed by atoms with E-state index in [9.17, 15) is 9.59 Å². The van der Waals surface area contributed by atoms with Crippen LogP contribution in [0.1, 0.15) is 56.8 Å². The molecule has 194 valence electrons. The largest absolute Gasteiger partial charge is 0.443 e. The van der Waals surface area contributed by atoms with E-state index in [0.29, 0.717) is 24.3 Å². The van der Waals surface area contributed by atoms with E-state index in [0.717, 1.165) is 45.1 Å². The molecule has 0 unspecified atom stereocenters. The fourth-order valence-corrected chi connectivity index (χ4v) is 5.85. The van der Waals surface area contributed by atoms with Gasteiger partial charge in [-0.2, -0.15) is 0 Å². The number of thiazole rings is 1. The van der Waals surface area contributed by atoms with Crippen LogP contribution < -0.4 is 5.32 Å². The van der Waals surface area contributed by atoms with Gasteiger partial charge in [0, 0.05) is 34.5 Å². The average Bonchev–Trinajstić information content (AvgIpc) is 3.47. The number of rotatable bonds is 7. The van der Waals surface area contributed by atoms with Gasteiger partial charge in [0.15, 0.2) is 0 Å². The Balaban J connectivity index is 1.62. The SMILES string of the molecule is COCCO[C@H]1CC[C@H](NC(=O)c2cc(-c3cncs3)cc3c2c(I)cn3C(=O)OC(C)(C)C)CC1. The Bertz CT molecular complexity index is 1210. The third-order valence-electron chi connectivity index (χ3n) is 6.06. The molecule has 0 bridgehead atoms. The number of carbonyl (C=O) groups is 2. The van der Waals surface area contributed by atoms with Crippen LogP contribution in [0.3, 0.4) is 0 Å². The van der Waals surface area contributed by atoms with E-state index in [1.807, 2.05) is 32.9 Å². The molecule has 1 aliphatic rings. The van der Waals surface area contributed by atoms with Crippen LogP contribution in [0.5, 0.6) is 0 Å². The second kappa shape index (κ2) is 11.6. The Morgan fingerprint density at radius 2 is 1.94 bits per heavy atom. The third-order valence-corrected chi connectivity index (χ3v) is 7.70. The Kier molecular flexibility index (Phi) is 8.69. The van der Waals surface area contributed by atoms with Crippen molar-refractivity contribution in [3.8, 4) is 10.4 Å². The number of halogens is 1. The molecule has 1 fully saturated rings. The van der Waals surface area contributed by atoms with E-state index >= 15 is 0 Å². The fraction of sp³-hybridized carbons (Fsp3) is 0.500. The van der Waals surface area contributed by atoms with Crippen LogP contribution in [0.15, 0.2) is 30.0 Å². The number of hydrogen-bond donors (Lipinski definition) is 1. The van der Waals surface area contributed by atoms with Crippen LogP contribution in [0.25, 0.3) is 21.3 Å². The van der Waals surface area contributed by atoms with Crippen LogP contribution in [0, 0.1) is 3.57 Å². The second-order valence-electron chi connectivity index (χ2n) is 9.92. The lowest BCUT2D eigenvalue weighted by molar-refractivity contribution is -0.00408. The van der Waals surface area contributed by atoms with E-state index in [1.54, 1.807) is 25.0 Å². The number of fused-ring (bicyclic) bond motifs is 1. The minimum atomic E-state index is -0.638. The molecule has 0 saturated heterocycles. The first kappa shape index (κ1) is 27.0. The highest BCUT2D eigenvalue weighted by molar-refractivity contribution is 14.1. The summed E-state index contributed by atoms with van der Waals surface area (Å²) in [5, 5.41) is 3.97. The average molecular weight is 626 g/mol. The maximum absolute atomic E-state index is 13.6. The van der Waals surface area contributed by atoms with Gasteiger partial charge in [0.1, 0.15) is 5.60 Å². The zero-order valence-corrected chi connectivity index (χ0v) is 24.0. The number of methoxy groups -OCH3 is 1. The van der Waals surface area contributed by atoms with Gasteiger partial charge in [-0.15, -0.1) is 11.3 Å². The van der Waals surface area contributed by atoms with Crippen molar-refractivity contribution in [1.29, 1.82) is 0 Å². The van der Waals surface area contributed by atoms with Crippen LogP contribution in [0.2, 0.25) is 0 Å². The number of nitrogens with zero attached hydrogens (tertiary/aromatic N) is 2. The van der Waals surface area contributed by atoms with E-state index in [2.05, 4.69) is 32.9 Å². The first-order valence-electron chi connectivity index (χ1n) is 12.0. The summed E-state index contributed by atoms with van der Waals surface area (Å²) >= 11 is 3.66. The maximum Gasteiger partial charge on any atom is 0.419 e. The summed E-state index contributed by atoms with van der Waals surface area (Å²) in [5.74, 6) is -0.144. The molecule has 0 radical (unpaired) electrons. The number of aromatic nitrogens is 2. The highest BCUT2D eigenvalue weighted by atomic mass is 127. The molecule has 0 spiro atoms. The van der Waals surface area contributed by atoms with E-state index in [4.69, 9.17) is 14.2 Å². The van der Waals surface area contributed by atoms with Crippen LogP contribution in [-0.4, -0.2) is 59.6 Å². The minimum absolute atomic E-state index is 0.0764. The first-order valence-corrected chi connectivity index (χ1v) is 14.0. The molecule has 10 heteroatoms. The summed E-state index contributed by atoms with van der Waals surface area (Å²) in [4.78, 5) is 31.7. The molecule has 1 amide bonds. The summed E-state index contributed by atoms with van der Waals surface area (Å²) in [6, 6.07) is 3.90. The number of hydrogen-bond acceptors (Lipinski definition) is 7. The van der Waals surface area contributed by atoms with Gasteiger partial charge in [-0.1, -0.05) is 0 Å². The molecule has 1 aliphatic carbocycles. The smallest absolute Gasteiger partial charge is 0.419 e. The monoisotopic (exact) mass is 625 g/mol. The van der Waals surface area contributed by atoms with Crippen molar-refractivity contribution in [2.24, 2.45) is 0 Å². The molecule has 1 aromatic carbocycles. The zero-order chi connectivity index (χ0) is 25.9. The molecular formula is C26H32IN3O5S. The summed E-state index contributed by atoms with van der Waals surface area (Å²) < 4.78 is 18.9. The molecule has 1 saturated carbocycles. The molecule has 4 rings (SSSR count). The van der Waals surface area contributed by atoms with Crippen molar-refractivity contribution in [2.75, 3.05) is 20.3 Å². The van der Waals surface area contributed by atoms with Gasteiger partial charge in [-0.05, 0) is 86.7 Å². The van der Waals surface area contributed by atoms with E-state index in [1.165, 1.54) is 15.9 Å². The number of carbonyl (C=O) groups excluding carboxylic acids is 2. The molecule has 3 aromatic rings. The standard InChI is InChI=1S/C26H32IN3O5S/c1-26(2,3)35-25(32)30-14-20(27)23-19(11-16(12-21(23)30)22-13-28-15-36-22)24(31)29-17-5-7-18(8-6-17)34-10-9-33-4/h11-15,17-18H,5-10H2,1-4H3,(H,29,31)/t17-,18-. The van der Waals surface area contributed by atoms with Crippen molar-refractivity contribution < 1.29 is 23.8 Å². The van der Waals surface area contributed by atoms with Crippen molar-refractivity contribution in [2.45, 2.75) is 64.2 Å². The van der Waals surface area contributed by atoms with Crippen LogP contribution in [0.4, 0.5) is 4.79 Å². The predicted molar refractivity (Wildman–Crippen MR) is 149 cm³/mol. The molecule has 2 heterocycles. The van der Waals surface area contributed by atoms with Gasteiger partial charge in [-0.25, -0.2) is 4.79 Å². The minimum Gasteiger partial charge on any atom is -0.443 e. The molecule has 36 heavy (non-hydrogen) atoms. The molecule has 0 aliphatic heterocycles. The lowest BCUT2D eigenvalue weighted by Crippen LogP contribution is -2.39. The van der Waals surface area contributed by atoms with Crippen molar-refractivity contribution in [1.82, 2.24) is 14.9 Å². The quantitative estimate of drug-likeness (QED) is 0.262. The summed E-state index contributed by atoms with van der Waals surface area (Å²) in [5.41, 5.74) is 3.13. The lowest BCUT2D eigenvalue weighted by atomic mass is 9.92. The van der Waals surface area contributed by atoms with Gasteiger partial charge >= 0.3 is 6.09 Å². The predicted octanol–water partition coefficient (Wildman–Crippen LogP) is 5.86. The van der Waals surface area contributed by atoms with Gasteiger partial charge in [0.2, 0.25) is 0 Å². The van der Waals surface area contributed by atoms with Crippen LogP contribution >= 0.6 is 33.9 Å². The van der Waals surface area contributed by atoms with Gasteiger partial charge < -0.3 is 19.5 Å². The summed E-state index contributed by atoms with van der Waals surface area (Å²) in [6.45, 7) is 6.68. The van der Waals surface area contributed by atoms with Crippen molar-refractivity contribution in [3.63, 3.8) is 0 Å². The third kappa shape index (κ3) is 6.45. The maximum atomic E-state index is 13.6. The summed E-state index contributed by atoms with van der Waals surface area (Å²) in [7, 11) is 1.67. The number of nitrogens with one attached hydrogen (secondary N) is 1. The number of amides is 1. The Hall–Kier alpha value is -2.02. The Morgan fingerprint density at radius 3 is 2.58 bits per heavy atom. The number of ether oxygens (including phenoxy) is 3. The molecule has 1 N–H and O–H groups in total. The van der Waals surface area contributed by atoms with Gasteiger partial charge in [-0.3, -0.25) is 14.3 Å². The van der Waals surface area contributed by atoms with Crippen LogP contribution in [-0.2, 0) is 14.2 Å². The lowest BCUT2D eigenvalue weighted by Gasteiger charge is -2.29.